The second-order valence-corrected chi connectivity index (χ2v) is 6.43. The van der Waals surface area contributed by atoms with Crippen LogP contribution >= 0.6 is 11.8 Å². The van der Waals surface area contributed by atoms with E-state index < -0.39 is 0 Å². The van der Waals surface area contributed by atoms with E-state index in [4.69, 9.17) is 4.42 Å². The Morgan fingerprint density at radius 1 is 1.20 bits per heavy atom. The largest absolute Gasteiger partial charge is 0.468 e. The Morgan fingerprint density at radius 3 is 2.55 bits per heavy atom. The van der Waals surface area contributed by atoms with E-state index in [1.807, 2.05) is 18.7 Å². The number of aryl methyl sites for hydroxylation is 1. The lowest BCUT2D eigenvalue weighted by Gasteiger charge is -2.25. The zero-order chi connectivity index (χ0) is 14.4. The van der Waals surface area contributed by atoms with Crippen LogP contribution in [0.2, 0.25) is 0 Å². The van der Waals surface area contributed by atoms with Gasteiger partial charge in [-0.2, -0.15) is 0 Å². The maximum atomic E-state index is 5.39. The van der Waals surface area contributed by atoms with Gasteiger partial charge in [0.25, 0.3) is 0 Å². The fourth-order valence-electron chi connectivity index (χ4n) is 2.28. The van der Waals surface area contributed by atoms with Crippen LogP contribution in [0.25, 0.3) is 0 Å². The second kappa shape index (κ2) is 7.55. The Morgan fingerprint density at radius 2 is 1.95 bits per heavy atom. The molecule has 0 aliphatic heterocycles. The quantitative estimate of drug-likeness (QED) is 0.740. The third-order valence-corrected chi connectivity index (χ3v) is 4.69. The Labute approximate surface area is 126 Å². The van der Waals surface area contributed by atoms with Crippen LogP contribution in [0.3, 0.4) is 0 Å². The Bertz CT molecular complexity index is 509. The van der Waals surface area contributed by atoms with Gasteiger partial charge in [0.1, 0.15) is 5.76 Å². The topological polar surface area (TPSA) is 25.2 Å². The lowest BCUT2D eigenvalue weighted by atomic mass is 10.0. The SMILES string of the molecule is CCCNC(c1ccccc1)C(C)Sc1ccoc1C. The van der Waals surface area contributed by atoms with E-state index in [2.05, 4.69) is 55.6 Å². The number of hydrogen-bond acceptors (Lipinski definition) is 3. The molecule has 0 amide bonds. The molecule has 2 nitrogen and oxygen atoms in total. The minimum Gasteiger partial charge on any atom is -0.468 e. The molecule has 0 saturated carbocycles. The monoisotopic (exact) mass is 289 g/mol. The van der Waals surface area contributed by atoms with Crippen molar-refractivity contribution in [3.8, 4) is 0 Å². The summed E-state index contributed by atoms with van der Waals surface area (Å²) in [6.45, 7) is 7.53. The molecule has 108 valence electrons. The lowest BCUT2D eigenvalue weighted by Crippen LogP contribution is -2.29. The number of benzene rings is 1. The fraction of sp³-hybridized carbons (Fsp3) is 0.412. The number of hydrogen-bond donors (Lipinski definition) is 1. The Kier molecular flexibility index (Phi) is 5.74. The molecule has 2 aromatic rings. The lowest BCUT2D eigenvalue weighted by molar-refractivity contribution is 0.521. The summed E-state index contributed by atoms with van der Waals surface area (Å²) < 4.78 is 5.39. The molecule has 0 saturated heterocycles. The number of thioether (sulfide) groups is 1. The summed E-state index contributed by atoms with van der Waals surface area (Å²) in [5, 5.41) is 4.11. The van der Waals surface area contributed by atoms with Crippen molar-refractivity contribution in [3.05, 3.63) is 54.0 Å². The van der Waals surface area contributed by atoms with Crippen LogP contribution in [0.15, 0.2) is 52.0 Å². The van der Waals surface area contributed by atoms with E-state index in [-0.39, 0.29) is 0 Å². The minimum absolute atomic E-state index is 0.357. The van der Waals surface area contributed by atoms with Crippen LogP contribution in [-0.2, 0) is 0 Å². The highest BCUT2D eigenvalue weighted by Gasteiger charge is 2.20. The van der Waals surface area contributed by atoms with E-state index >= 15 is 0 Å². The molecule has 1 aromatic heterocycles. The average molecular weight is 289 g/mol. The zero-order valence-electron chi connectivity index (χ0n) is 12.4. The van der Waals surface area contributed by atoms with Crippen molar-refractivity contribution in [2.24, 2.45) is 0 Å². The number of rotatable bonds is 7. The average Bonchev–Trinajstić information content (AvgIpc) is 2.86. The molecule has 0 fully saturated rings. The third-order valence-electron chi connectivity index (χ3n) is 3.37. The molecule has 20 heavy (non-hydrogen) atoms. The first-order valence-electron chi connectivity index (χ1n) is 7.21. The second-order valence-electron chi connectivity index (χ2n) is 5.01. The van der Waals surface area contributed by atoms with E-state index in [9.17, 15) is 0 Å². The Balaban J connectivity index is 2.12. The van der Waals surface area contributed by atoms with E-state index in [0.29, 0.717) is 11.3 Å². The van der Waals surface area contributed by atoms with Crippen LogP contribution < -0.4 is 5.32 Å². The van der Waals surface area contributed by atoms with Crippen molar-refractivity contribution in [3.63, 3.8) is 0 Å². The normalized spacial score (nSPS) is 14.2. The first-order chi connectivity index (χ1) is 9.72. The van der Waals surface area contributed by atoms with Gasteiger partial charge in [-0.3, -0.25) is 0 Å². The van der Waals surface area contributed by atoms with Crippen molar-refractivity contribution < 1.29 is 4.42 Å². The fourth-order valence-corrected chi connectivity index (χ4v) is 3.42. The van der Waals surface area contributed by atoms with Crippen molar-refractivity contribution in [1.29, 1.82) is 0 Å². The summed E-state index contributed by atoms with van der Waals surface area (Å²) in [6, 6.07) is 13.1. The predicted molar refractivity (Wildman–Crippen MR) is 86.2 cm³/mol. The number of nitrogens with one attached hydrogen (secondary N) is 1. The van der Waals surface area contributed by atoms with Crippen molar-refractivity contribution in [2.75, 3.05) is 6.54 Å². The molecule has 1 heterocycles. The molecule has 2 unspecified atom stereocenters. The van der Waals surface area contributed by atoms with Crippen molar-refractivity contribution in [2.45, 2.75) is 43.4 Å². The van der Waals surface area contributed by atoms with Crippen LogP contribution in [-0.4, -0.2) is 11.8 Å². The van der Waals surface area contributed by atoms with Gasteiger partial charge in [0.15, 0.2) is 0 Å². The molecule has 2 atom stereocenters. The van der Waals surface area contributed by atoms with Crippen molar-refractivity contribution in [1.82, 2.24) is 5.32 Å². The van der Waals surface area contributed by atoms with Gasteiger partial charge < -0.3 is 9.73 Å². The van der Waals surface area contributed by atoms with Crippen LogP contribution in [0.4, 0.5) is 0 Å². The third kappa shape index (κ3) is 3.90. The summed E-state index contributed by atoms with van der Waals surface area (Å²) in [5.74, 6) is 1.00. The summed E-state index contributed by atoms with van der Waals surface area (Å²) >= 11 is 1.87. The van der Waals surface area contributed by atoms with Crippen LogP contribution in [0, 0.1) is 6.92 Å². The van der Waals surface area contributed by atoms with Gasteiger partial charge in [0.05, 0.1) is 6.26 Å². The van der Waals surface area contributed by atoms with Gasteiger partial charge in [-0.1, -0.05) is 44.2 Å². The summed E-state index contributed by atoms with van der Waals surface area (Å²) in [5.41, 5.74) is 1.35. The van der Waals surface area contributed by atoms with Gasteiger partial charge in [0.2, 0.25) is 0 Å². The summed E-state index contributed by atoms with van der Waals surface area (Å²) in [6.07, 6.45) is 2.91. The molecule has 3 heteroatoms. The molecule has 2 rings (SSSR count). The van der Waals surface area contributed by atoms with E-state index in [1.165, 1.54) is 10.5 Å². The smallest absolute Gasteiger partial charge is 0.114 e. The van der Waals surface area contributed by atoms with Crippen molar-refractivity contribution >= 4 is 11.8 Å². The molecular formula is C17H23NOS. The molecule has 1 aromatic carbocycles. The molecular weight excluding hydrogens is 266 g/mol. The first kappa shape index (κ1) is 15.2. The van der Waals surface area contributed by atoms with Gasteiger partial charge in [-0.15, -0.1) is 11.8 Å². The van der Waals surface area contributed by atoms with Gasteiger partial charge >= 0.3 is 0 Å². The number of furan rings is 1. The summed E-state index contributed by atoms with van der Waals surface area (Å²) in [7, 11) is 0. The van der Waals surface area contributed by atoms with Gasteiger partial charge in [-0.05, 0) is 31.5 Å². The molecule has 0 spiro atoms. The van der Waals surface area contributed by atoms with E-state index in [1.54, 1.807) is 6.26 Å². The molecule has 0 aliphatic rings. The zero-order valence-corrected chi connectivity index (χ0v) is 13.2. The van der Waals surface area contributed by atoms with Crippen LogP contribution in [0.1, 0.15) is 37.6 Å². The minimum atomic E-state index is 0.357. The predicted octanol–water partition coefficient (Wildman–Crippen LogP) is 4.81. The van der Waals surface area contributed by atoms with E-state index in [0.717, 1.165) is 18.7 Å². The van der Waals surface area contributed by atoms with Crippen LogP contribution in [0.5, 0.6) is 0 Å². The highest BCUT2D eigenvalue weighted by Crippen LogP contribution is 2.34. The maximum Gasteiger partial charge on any atom is 0.114 e. The van der Waals surface area contributed by atoms with Gasteiger partial charge in [0, 0.05) is 16.2 Å². The Hall–Kier alpha value is -1.19. The first-order valence-corrected chi connectivity index (χ1v) is 8.09. The maximum absolute atomic E-state index is 5.39. The molecule has 0 bridgehead atoms. The highest BCUT2D eigenvalue weighted by atomic mass is 32.2. The molecule has 0 radical (unpaired) electrons. The molecule has 1 N–H and O–H groups in total. The summed E-state index contributed by atoms with van der Waals surface area (Å²) in [4.78, 5) is 1.23. The van der Waals surface area contributed by atoms with Gasteiger partial charge in [-0.25, -0.2) is 0 Å². The molecule has 0 aliphatic carbocycles. The standard InChI is InChI=1S/C17H23NOS/c1-4-11-18-17(15-8-6-5-7-9-15)14(3)20-16-10-12-19-13(16)2/h5-10,12,14,17-18H,4,11H2,1-3H3. The highest BCUT2D eigenvalue weighted by molar-refractivity contribution is 8.00.